The van der Waals surface area contributed by atoms with Crippen LogP contribution in [0.4, 0.5) is 0 Å². The van der Waals surface area contributed by atoms with E-state index in [2.05, 4.69) is 24.1 Å². The van der Waals surface area contributed by atoms with Crippen LogP contribution in [0.15, 0.2) is 0 Å². The Balaban J connectivity index is 2.07. The molecule has 0 radical (unpaired) electrons. The van der Waals surface area contributed by atoms with Crippen LogP contribution >= 0.6 is 0 Å². The average Bonchev–Trinajstić information content (AvgIpc) is 2.27. The van der Waals surface area contributed by atoms with Crippen LogP contribution in [0.1, 0.15) is 33.1 Å². The number of nitrogens with zero attached hydrogens (tertiary/aromatic N) is 1. The van der Waals surface area contributed by atoms with E-state index in [1.807, 2.05) is 0 Å². The van der Waals surface area contributed by atoms with Gasteiger partial charge in [-0.1, -0.05) is 0 Å². The first-order valence-electron chi connectivity index (χ1n) is 4.76. The molecule has 0 aromatic carbocycles. The topological polar surface area (TPSA) is 15.3 Å². The Labute approximate surface area is 69.0 Å². The van der Waals surface area contributed by atoms with Gasteiger partial charge in [-0.25, -0.2) is 0 Å². The lowest BCUT2D eigenvalue weighted by Gasteiger charge is -2.48. The highest BCUT2D eigenvalue weighted by atomic mass is 15.4. The molecule has 64 valence electrons. The third-order valence-corrected chi connectivity index (χ3v) is 3.16. The Hall–Kier alpha value is -0.0800. The average molecular weight is 154 g/mol. The summed E-state index contributed by atoms with van der Waals surface area (Å²) in [7, 11) is 0. The molecule has 2 aliphatic rings. The first kappa shape index (κ1) is 7.56. The SMILES string of the molecule is CC(C)N1CCC[C@@]12CCN2. The van der Waals surface area contributed by atoms with Gasteiger partial charge in [0.05, 0.1) is 5.66 Å². The van der Waals surface area contributed by atoms with E-state index < -0.39 is 0 Å². The fourth-order valence-electron chi connectivity index (χ4n) is 2.52. The Morgan fingerprint density at radius 1 is 1.36 bits per heavy atom. The van der Waals surface area contributed by atoms with Gasteiger partial charge in [-0.15, -0.1) is 0 Å². The number of likely N-dealkylation sites (tertiary alicyclic amines) is 1. The summed E-state index contributed by atoms with van der Waals surface area (Å²) < 4.78 is 0. The molecular formula is C9H18N2. The maximum Gasteiger partial charge on any atom is 0.0727 e. The Kier molecular flexibility index (Phi) is 1.69. The van der Waals surface area contributed by atoms with Crippen LogP contribution in [0.3, 0.4) is 0 Å². The molecule has 0 aromatic rings. The minimum absolute atomic E-state index is 0.439. The van der Waals surface area contributed by atoms with Crippen molar-refractivity contribution >= 4 is 0 Å². The molecule has 0 bridgehead atoms. The predicted octanol–water partition coefficient (Wildman–Crippen LogP) is 1.18. The first-order valence-corrected chi connectivity index (χ1v) is 4.76. The van der Waals surface area contributed by atoms with Gasteiger partial charge in [0.15, 0.2) is 0 Å². The second-order valence-electron chi connectivity index (χ2n) is 4.10. The van der Waals surface area contributed by atoms with E-state index in [1.54, 1.807) is 0 Å². The van der Waals surface area contributed by atoms with Crippen molar-refractivity contribution in [1.29, 1.82) is 0 Å². The molecule has 1 N–H and O–H groups in total. The van der Waals surface area contributed by atoms with Crippen LogP contribution in [0.2, 0.25) is 0 Å². The van der Waals surface area contributed by atoms with Crippen LogP contribution < -0.4 is 5.32 Å². The molecule has 11 heavy (non-hydrogen) atoms. The normalized spacial score (nSPS) is 38.5. The van der Waals surface area contributed by atoms with Gasteiger partial charge in [0.25, 0.3) is 0 Å². The Morgan fingerprint density at radius 3 is 2.45 bits per heavy atom. The molecule has 2 aliphatic heterocycles. The monoisotopic (exact) mass is 154 g/mol. The number of hydrogen-bond acceptors (Lipinski definition) is 2. The van der Waals surface area contributed by atoms with Crippen molar-refractivity contribution in [1.82, 2.24) is 10.2 Å². The molecule has 2 heterocycles. The minimum Gasteiger partial charge on any atom is -0.299 e. The predicted molar refractivity (Wildman–Crippen MR) is 46.4 cm³/mol. The van der Waals surface area contributed by atoms with Gasteiger partial charge >= 0.3 is 0 Å². The van der Waals surface area contributed by atoms with Crippen LogP contribution in [0.5, 0.6) is 0 Å². The fraction of sp³-hybridized carbons (Fsp3) is 1.00. The zero-order valence-electron chi connectivity index (χ0n) is 7.56. The van der Waals surface area contributed by atoms with E-state index in [-0.39, 0.29) is 0 Å². The molecule has 2 nitrogen and oxygen atoms in total. The van der Waals surface area contributed by atoms with Crippen molar-refractivity contribution in [2.24, 2.45) is 0 Å². The van der Waals surface area contributed by atoms with Crippen LogP contribution in [0.25, 0.3) is 0 Å². The summed E-state index contributed by atoms with van der Waals surface area (Å²) in [6, 6.07) is 0.713. The highest BCUT2D eigenvalue weighted by Gasteiger charge is 2.45. The number of hydrogen-bond donors (Lipinski definition) is 1. The van der Waals surface area contributed by atoms with Gasteiger partial charge in [-0.2, -0.15) is 0 Å². The molecule has 0 aromatic heterocycles. The molecule has 0 amide bonds. The van der Waals surface area contributed by atoms with Gasteiger partial charge in [0, 0.05) is 12.6 Å². The van der Waals surface area contributed by atoms with Gasteiger partial charge in [-0.05, 0) is 39.7 Å². The van der Waals surface area contributed by atoms with Gasteiger partial charge in [-0.3, -0.25) is 10.2 Å². The van der Waals surface area contributed by atoms with Gasteiger partial charge in [0.1, 0.15) is 0 Å². The van der Waals surface area contributed by atoms with Crippen molar-refractivity contribution in [3.63, 3.8) is 0 Å². The fourth-order valence-corrected chi connectivity index (χ4v) is 2.52. The second-order valence-corrected chi connectivity index (χ2v) is 4.10. The zero-order valence-corrected chi connectivity index (χ0v) is 7.56. The smallest absolute Gasteiger partial charge is 0.0727 e. The quantitative estimate of drug-likeness (QED) is 0.610. The molecule has 2 fully saturated rings. The van der Waals surface area contributed by atoms with Crippen molar-refractivity contribution in [2.75, 3.05) is 13.1 Å². The van der Waals surface area contributed by atoms with Crippen molar-refractivity contribution in [2.45, 2.75) is 44.8 Å². The van der Waals surface area contributed by atoms with Crippen LogP contribution in [-0.4, -0.2) is 29.7 Å². The second kappa shape index (κ2) is 2.46. The molecule has 2 saturated heterocycles. The summed E-state index contributed by atoms with van der Waals surface area (Å²) in [4.78, 5) is 2.62. The lowest BCUT2D eigenvalue weighted by Crippen LogP contribution is -2.65. The number of nitrogens with one attached hydrogen (secondary N) is 1. The van der Waals surface area contributed by atoms with Crippen molar-refractivity contribution < 1.29 is 0 Å². The maximum absolute atomic E-state index is 3.58. The molecule has 0 aliphatic carbocycles. The Morgan fingerprint density at radius 2 is 2.09 bits per heavy atom. The van der Waals surface area contributed by atoms with E-state index >= 15 is 0 Å². The summed E-state index contributed by atoms with van der Waals surface area (Å²) in [5.41, 5.74) is 0.439. The highest BCUT2D eigenvalue weighted by molar-refractivity contribution is 5.01. The molecule has 0 unspecified atom stereocenters. The molecule has 0 saturated carbocycles. The Bertz CT molecular complexity index is 150. The third-order valence-electron chi connectivity index (χ3n) is 3.16. The third kappa shape index (κ3) is 1.00. The lowest BCUT2D eigenvalue weighted by atomic mass is 9.94. The standard InChI is InChI=1S/C9H18N2/c1-8(2)11-7-3-4-9(11)5-6-10-9/h8,10H,3-7H2,1-2H3/t9-/m0/s1. The molecule has 1 spiro atoms. The van der Waals surface area contributed by atoms with E-state index in [1.165, 1.54) is 32.4 Å². The molecule has 2 rings (SSSR count). The summed E-state index contributed by atoms with van der Waals surface area (Å²) in [5.74, 6) is 0. The van der Waals surface area contributed by atoms with E-state index in [4.69, 9.17) is 0 Å². The van der Waals surface area contributed by atoms with E-state index in [9.17, 15) is 0 Å². The summed E-state index contributed by atoms with van der Waals surface area (Å²) in [6.07, 6.45) is 4.11. The highest BCUT2D eigenvalue weighted by Crippen LogP contribution is 2.35. The summed E-state index contributed by atoms with van der Waals surface area (Å²) in [6.45, 7) is 7.12. The van der Waals surface area contributed by atoms with E-state index in [0.29, 0.717) is 11.7 Å². The largest absolute Gasteiger partial charge is 0.299 e. The maximum atomic E-state index is 3.58. The molecular weight excluding hydrogens is 136 g/mol. The van der Waals surface area contributed by atoms with Gasteiger partial charge < -0.3 is 0 Å². The summed E-state index contributed by atoms with van der Waals surface area (Å²) in [5, 5.41) is 3.58. The van der Waals surface area contributed by atoms with Gasteiger partial charge in [0.2, 0.25) is 0 Å². The van der Waals surface area contributed by atoms with Crippen molar-refractivity contribution in [3.05, 3.63) is 0 Å². The first-order chi connectivity index (χ1) is 5.25. The van der Waals surface area contributed by atoms with Crippen molar-refractivity contribution in [3.8, 4) is 0 Å². The van der Waals surface area contributed by atoms with Crippen LogP contribution in [0, 0.1) is 0 Å². The molecule has 2 heteroatoms. The lowest BCUT2D eigenvalue weighted by molar-refractivity contribution is 0.0114. The van der Waals surface area contributed by atoms with Crippen LogP contribution in [-0.2, 0) is 0 Å². The minimum atomic E-state index is 0.439. The molecule has 1 atom stereocenters. The zero-order chi connectivity index (χ0) is 7.90. The number of rotatable bonds is 1. The van der Waals surface area contributed by atoms with E-state index in [0.717, 1.165) is 0 Å². The summed E-state index contributed by atoms with van der Waals surface area (Å²) >= 11 is 0.